The molecule has 82 valence electrons. The SMILES string of the molecule is OCCN1CCCN(C2CNC2)CC1. The molecule has 0 atom stereocenters. The van der Waals surface area contributed by atoms with Crippen LogP contribution < -0.4 is 5.32 Å². The van der Waals surface area contributed by atoms with Gasteiger partial charge in [-0.2, -0.15) is 0 Å². The van der Waals surface area contributed by atoms with Crippen molar-refractivity contribution in [2.24, 2.45) is 0 Å². The van der Waals surface area contributed by atoms with Gasteiger partial charge in [0.15, 0.2) is 0 Å². The molecule has 2 rings (SSSR count). The normalized spacial score (nSPS) is 27.2. The molecule has 2 N–H and O–H groups in total. The second-order valence-corrected chi connectivity index (χ2v) is 4.27. The monoisotopic (exact) mass is 199 g/mol. The summed E-state index contributed by atoms with van der Waals surface area (Å²) < 4.78 is 0. The fourth-order valence-electron chi connectivity index (χ4n) is 2.25. The summed E-state index contributed by atoms with van der Waals surface area (Å²) in [5, 5.41) is 12.2. The molecule has 2 fully saturated rings. The summed E-state index contributed by atoms with van der Waals surface area (Å²) in [5.74, 6) is 0. The van der Waals surface area contributed by atoms with E-state index in [9.17, 15) is 0 Å². The van der Waals surface area contributed by atoms with Gasteiger partial charge in [0.2, 0.25) is 0 Å². The van der Waals surface area contributed by atoms with E-state index in [1.165, 1.54) is 32.6 Å². The molecule has 0 saturated carbocycles. The lowest BCUT2D eigenvalue weighted by Gasteiger charge is -2.37. The molecule has 2 aliphatic heterocycles. The van der Waals surface area contributed by atoms with Crippen LogP contribution in [0.15, 0.2) is 0 Å². The van der Waals surface area contributed by atoms with E-state index < -0.39 is 0 Å². The molecular weight excluding hydrogens is 178 g/mol. The summed E-state index contributed by atoms with van der Waals surface area (Å²) in [4.78, 5) is 4.96. The second-order valence-electron chi connectivity index (χ2n) is 4.27. The molecule has 2 saturated heterocycles. The van der Waals surface area contributed by atoms with Crippen LogP contribution in [0.3, 0.4) is 0 Å². The van der Waals surface area contributed by atoms with Crippen LogP contribution in [0.25, 0.3) is 0 Å². The Morgan fingerprint density at radius 2 is 2.00 bits per heavy atom. The first-order valence-electron chi connectivity index (χ1n) is 5.68. The molecule has 0 aromatic rings. The molecular formula is C10H21N3O. The molecule has 2 heterocycles. The van der Waals surface area contributed by atoms with E-state index in [1.54, 1.807) is 0 Å². The maximum atomic E-state index is 8.88. The Morgan fingerprint density at radius 3 is 2.64 bits per heavy atom. The largest absolute Gasteiger partial charge is 0.395 e. The van der Waals surface area contributed by atoms with Gasteiger partial charge in [0.05, 0.1) is 6.61 Å². The molecule has 14 heavy (non-hydrogen) atoms. The number of hydrogen-bond donors (Lipinski definition) is 2. The highest BCUT2D eigenvalue weighted by Crippen LogP contribution is 2.09. The van der Waals surface area contributed by atoms with Crippen LogP contribution in [0, 0.1) is 0 Å². The molecule has 2 aliphatic rings. The number of hydrogen-bond acceptors (Lipinski definition) is 4. The van der Waals surface area contributed by atoms with Crippen LogP contribution in [-0.4, -0.2) is 73.4 Å². The van der Waals surface area contributed by atoms with Crippen molar-refractivity contribution in [1.29, 1.82) is 0 Å². The summed E-state index contributed by atoms with van der Waals surface area (Å²) in [6.45, 7) is 8.15. The third-order valence-corrected chi connectivity index (χ3v) is 3.32. The summed E-state index contributed by atoms with van der Waals surface area (Å²) in [5.41, 5.74) is 0. The zero-order valence-electron chi connectivity index (χ0n) is 8.78. The summed E-state index contributed by atoms with van der Waals surface area (Å²) in [7, 11) is 0. The average Bonchev–Trinajstić information content (AvgIpc) is 2.29. The van der Waals surface area contributed by atoms with Crippen molar-refractivity contribution >= 4 is 0 Å². The number of nitrogens with one attached hydrogen (secondary N) is 1. The zero-order chi connectivity index (χ0) is 9.80. The van der Waals surface area contributed by atoms with Crippen molar-refractivity contribution in [3.63, 3.8) is 0 Å². The van der Waals surface area contributed by atoms with Crippen molar-refractivity contribution in [2.45, 2.75) is 12.5 Å². The molecule has 4 heteroatoms. The number of aliphatic hydroxyl groups is 1. The van der Waals surface area contributed by atoms with Crippen molar-refractivity contribution in [1.82, 2.24) is 15.1 Å². The Balaban J connectivity index is 1.75. The number of β-amino-alcohol motifs (C(OH)–C–C–N with tert-alkyl or cyclic N) is 1. The van der Waals surface area contributed by atoms with Gasteiger partial charge in [-0.1, -0.05) is 0 Å². The Hall–Kier alpha value is -0.160. The Labute approximate surface area is 85.9 Å². The summed E-state index contributed by atoms with van der Waals surface area (Å²) in [6.07, 6.45) is 1.25. The lowest BCUT2D eigenvalue weighted by Crippen LogP contribution is -2.57. The quantitative estimate of drug-likeness (QED) is 0.609. The van der Waals surface area contributed by atoms with Crippen molar-refractivity contribution < 1.29 is 5.11 Å². The van der Waals surface area contributed by atoms with Crippen molar-refractivity contribution in [3.8, 4) is 0 Å². The van der Waals surface area contributed by atoms with Gasteiger partial charge in [-0.3, -0.25) is 9.80 Å². The van der Waals surface area contributed by atoms with Crippen LogP contribution in [0.5, 0.6) is 0 Å². The lowest BCUT2D eigenvalue weighted by molar-refractivity contribution is 0.145. The fourth-order valence-corrected chi connectivity index (χ4v) is 2.25. The number of aliphatic hydroxyl groups excluding tert-OH is 1. The van der Waals surface area contributed by atoms with E-state index in [4.69, 9.17) is 5.11 Å². The van der Waals surface area contributed by atoms with Gasteiger partial charge in [0, 0.05) is 38.8 Å². The molecule has 0 amide bonds. The van der Waals surface area contributed by atoms with E-state index in [2.05, 4.69) is 15.1 Å². The molecule has 0 bridgehead atoms. The first-order valence-corrected chi connectivity index (χ1v) is 5.68. The number of nitrogens with zero attached hydrogens (tertiary/aromatic N) is 2. The molecule has 0 aromatic carbocycles. The minimum absolute atomic E-state index is 0.297. The van der Waals surface area contributed by atoms with E-state index in [1.807, 2.05) is 0 Å². The predicted octanol–water partition coefficient (Wildman–Crippen LogP) is -1.04. The Bertz CT molecular complexity index is 173. The van der Waals surface area contributed by atoms with E-state index >= 15 is 0 Å². The van der Waals surface area contributed by atoms with Crippen molar-refractivity contribution in [2.75, 3.05) is 52.4 Å². The highest BCUT2D eigenvalue weighted by Gasteiger charge is 2.25. The third-order valence-electron chi connectivity index (χ3n) is 3.32. The predicted molar refractivity (Wildman–Crippen MR) is 56.4 cm³/mol. The molecule has 4 nitrogen and oxygen atoms in total. The highest BCUT2D eigenvalue weighted by molar-refractivity contribution is 4.86. The topological polar surface area (TPSA) is 38.7 Å². The van der Waals surface area contributed by atoms with Crippen molar-refractivity contribution in [3.05, 3.63) is 0 Å². The minimum atomic E-state index is 0.297. The van der Waals surface area contributed by atoms with Crippen LogP contribution in [-0.2, 0) is 0 Å². The van der Waals surface area contributed by atoms with E-state index in [0.717, 1.165) is 25.7 Å². The summed E-state index contributed by atoms with van der Waals surface area (Å²) >= 11 is 0. The van der Waals surface area contributed by atoms with E-state index in [0.29, 0.717) is 6.61 Å². The van der Waals surface area contributed by atoms with E-state index in [-0.39, 0.29) is 0 Å². The van der Waals surface area contributed by atoms with Gasteiger partial charge < -0.3 is 10.4 Å². The van der Waals surface area contributed by atoms with Crippen LogP contribution >= 0.6 is 0 Å². The minimum Gasteiger partial charge on any atom is -0.395 e. The molecule has 0 unspecified atom stereocenters. The summed E-state index contributed by atoms with van der Waals surface area (Å²) in [6, 6.07) is 0.782. The average molecular weight is 199 g/mol. The first kappa shape index (κ1) is 10.4. The van der Waals surface area contributed by atoms with Gasteiger partial charge in [-0.25, -0.2) is 0 Å². The second kappa shape index (κ2) is 5.07. The van der Waals surface area contributed by atoms with Crippen LogP contribution in [0.2, 0.25) is 0 Å². The Morgan fingerprint density at radius 1 is 1.14 bits per heavy atom. The fraction of sp³-hybridized carbons (Fsp3) is 1.00. The highest BCUT2D eigenvalue weighted by atomic mass is 16.3. The van der Waals surface area contributed by atoms with Gasteiger partial charge in [-0.15, -0.1) is 0 Å². The lowest BCUT2D eigenvalue weighted by atomic mass is 10.1. The standard InChI is InChI=1S/C10H21N3O/c14-7-6-12-2-1-3-13(5-4-12)10-8-11-9-10/h10-11,14H,1-9H2. The van der Waals surface area contributed by atoms with Gasteiger partial charge in [0.25, 0.3) is 0 Å². The maximum Gasteiger partial charge on any atom is 0.0558 e. The third kappa shape index (κ3) is 2.45. The molecule has 0 spiro atoms. The maximum absolute atomic E-state index is 8.88. The molecule has 0 aliphatic carbocycles. The van der Waals surface area contributed by atoms with Gasteiger partial charge in [-0.05, 0) is 19.5 Å². The number of rotatable bonds is 3. The Kier molecular flexibility index (Phi) is 3.75. The van der Waals surface area contributed by atoms with Gasteiger partial charge >= 0.3 is 0 Å². The van der Waals surface area contributed by atoms with Gasteiger partial charge in [0.1, 0.15) is 0 Å². The first-order chi connectivity index (χ1) is 6.90. The molecule has 0 radical (unpaired) electrons. The van der Waals surface area contributed by atoms with Crippen LogP contribution in [0.4, 0.5) is 0 Å². The van der Waals surface area contributed by atoms with Crippen LogP contribution in [0.1, 0.15) is 6.42 Å². The zero-order valence-corrected chi connectivity index (χ0v) is 8.78. The molecule has 0 aromatic heterocycles. The smallest absolute Gasteiger partial charge is 0.0558 e.